The van der Waals surface area contributed by atoms with Gasteiger partial charge in [0, 0.05) is 28.3 Å². The lowest BCUT2D eigenvalue weighted by molar-refractivity contribution is -0.0192. The van der Waals surface area contributed by atoms with Gasteiger partial charge in [-0.3, -0.25) is 0 Å². The zero-order valence-electron chi connectivity index (χ0n) is 18.1. The van der Waals surface area contributed by atoms with E-state index >= 15 is 0 Å². The van der Waals surface area contributed by atoms with Crippen molar-refractivity contribution in [2.24, 2.45) is 11.3 Å². The summed E-state index contributed by atoms with van der Waals surface area (Å²) in [5.41, 5.74) is 9.17. The third kappa shape index (κ3) is 2.97. The van der Waals surface area contributed by atoms with Gasteiger partial charge >= 0.3 is 0 Å². The van der Waals surface area contributed by atoms with Gasteiger partial charge in [0.2, 0.25) is 0 Å². The van der Waals surface area contributed by atoms with Gasteiger partial charge in [-0.15, -0.1) is 0 Å². The Labute approximate surface area is 199 Å². The summed E-state index contributed by atoms with van der Waals surface area (Å²) in [6.45, 7) is 1.95. The third-order valence-electron chi connectivity index (χ3n) is 7.57. The fourth-order valence-electron chi connectivity index (χ4n) is 5.69. The summed E-state index contributed by atoms with van der Waals surface area (Å²) >= 11 is 3.43. The van der Waals surface area contributed by atoms with E-state index in [1.807, 2.05) is 35.9 Å². The SMILES string of the molecule is Cc1ncnc2c1ccn2[C@H]1[C@H](O)[C@H](O)[C@]2(CCc3ccc4cc(Br)c(N)nc4c3)C=C[C@H]12. The molecule has 3 aromatic heterocycles. The largest absolute Gasteiger partial charge is 0.389 e. The van der Waals surface area contributed by atoms with Crippen molar-refractivity contribution in [2.45, 2.75) is 38.0 Å². The normalized spacial score (nSPS) is 28.4. The van der Waals surface area contributed by atoms with Gasteiger partial charge in [0.25, 0.3) is 0 Å². The van der Waals surface area contributed by atoms with Crippen LogP contribution in [0.4, 0.5) is 5.82 Å². The van der Waals surface area contributed by atoms with Gasteiger partial charge < -0.3 is 20.5 Å². The van der Waals surface area contributed by atoms with Crippen LogP contribution < -0.4 is 5.73 Å². The Balaban J connectivity index is 1.30. The molecule has 0 saturated heterocycles. The molecule has 1 aromatic carbocycles. The molecule has 2 aliphatic rings. The third-order valence-corrected chi connectivity index (χ3v) is 8.20. The highest BCUT2D eigenvalue weighted by Gasteiger charge is 2.61. The van der Waals surface area contributed by atoms with Crippen molar-refractivity contribution in [3.05, 3.63) is 70.7 Å². The Morgan fingerprint density at radius 1 is 1.18 bits per heavy atom. The number of aryl methyl sites for hydroxylation is 2. The monoisotopic (exact) mass is 505 g/mol. The maximum absolute atomic E-state index is 11.2. The summed E-state index contributed by atoms with van der Waals surface area (Å²) in [6, 6.07) is 9.88. The molecule has 33 heavy (non-hydrogen) atoms. The fraction of sp³-hybridized carbons (Fsp3) is 0.320. The summed E-state index contributed by atoms with van der Waals surface area (Å²) in [5.74, 6) is 0.494. The Hall–Kier alpha value is -2.81. The van der Waals surface area contributed by atoms with Crippen molar-refractivity contribution in [1.82, 2.24) is 19.5 Å². The molecule has 0 unspecified atom stereocenters. The maximum Gasteiger partial charge on any atom is 0.143 e. The van der Waals surface area contributed by atoms with Crippen molar-refractivity contribution in [1.29, 1.82) is 0 Å². The smallest absolute Gasteiger partial charge is 0.143 e. The maximum atomic E-state index is 11.2. The number of aliphatic hydroxyl groups is 2. The van der Waals surface area contributed by atoms with E-state index in [0.29, 0.717) is 5.82 Å². The lowest BCUT2D eigenvalue weighted by Gasteiger charge is -2.42. The zero-order chi connectivity index (χ0) is 22.9. The average Bonchev–Trinajstić information content (AvgIpc) is 3.27. The topological polar surface area (TPSA) is 110 Å². The molecule has 0 radical (unpaired) electrons. The first kappa shape index (κ1) is 20.8. The quantitative estimate of drug-likeness (QED) is 0.364. The summed E-state index contributed by atoms with van der Waals surface area (Å²) in [7, 11) is 0. The minimum absolute atomic E-state index is 0.0264. The Kier molecular flexibility index (Phi) is 4.62. The number of hydrogen-bond acceptors (Lipinski definition) is 6. The molecule has 1 saturated carbocycles. The molecular weight excluding hydrogens is 482 g/mol. The fourth-order valence-corrected chi connectivity index (χ4v) is 6.03. The van der Waals surface area contributed by atoms with Gasteiger partial charge in [0.15, 0.2) is 0 Å². The van der Waals surface area contributed by atoms with E-state index in [1.54, 1.807) is 6.33 Å². The molecule has 1 fully saturated rings. The van der Waals surface area contributed by atoms with Gasteiger partial charge in [-0.1, -0.05) is 24.3 Å². The van der Waals surface area contributed by atoms with E-state index in [-0.39, 0.29) is 12.0 Å². The molecule has 168 valence electrons. The van der Waals surface area contributed by atoms with Crippen LogP contribution in [-0.4, -0.2) is 41.9 Å². The minimum atomic E-state index is -0.883. The highest BCUT2D eigenvalue weighted by molar-refractivity contribution is 9.10. The van der Waals surface area contributed by atoms with Crippen LogP contribution in [0.5, 0.6) is 0 Å². The number of nitrogen functional groups attached to an aromatic ring is 1. The number of pyridine rings is 1. The minimum Gasteiger partial charge on any atom is -0.389 e. The van der Waals surface area contributed by atoms with E-state index in [4.69, 9.17) is 5.73 Å². The molecule has 6 rings (SSSR count). The molecular formula is C25H24BrN5O2. The molecule has 4 N–H and O–H groups in total. The number of halogens is 1. The number of rotatable bonds is 4. The van der Waals surface area contributed by atoms with E-state index in [1.165, 1.54) is 0 Å². The van der Waals surface area contributed by atoms with Crippen molar-refractivity contribution in [3.8, 4) is 0 Å². The summed E-state index contributed by atoms with van der Waals surface area (Å²) < 4.78 is 2.80. The number of nitrogens with two attached hydrogens (primary N) is 1. The van der Waals surface area contributed by atoms with Crippen LogP contribution >= 0.6 is 15.9 Å². The van der Waals surface area contributed by atoms with Crippen molar-refractivity contribution in [3.63, 3.8) is 0 Å². The lowest BCUT2D eigenvalue weighted by Crippen LogP contribution is -2.41. The van der Waals surface area contributed by atoms with Crippen LogP contribution in [0.2, 0.25) is 0 Å². The number of hydrogen-bond donors (Lipinski definition) is 3. The van der Waals surface area contributed by atoms with Crippen LogP contribution in [0.25, 0.3) is 21.9 Å². The van der Waals surface area contributed by atoms with Gasteiger partial charge in [-0.2, -0.15) is 0 Å². The first-order valence-corrected chi connectivity index (χ1v) is 11.9. The highest BCUT2D eigenvalue weighted by Crippen LogP contribution is 2.59. The Bertz CT molecular complexity index is 1430. The second kappa shape index (κ2) is 7.35. The van der Waals surface area contributed by atoms with Crippen LogP contribution in [-0.2, 0) is 6.42 Å². The van der Waals surface area contributed by atoms with Gasteiger partial charge in [-0.05, 0) is 59.5 Å². The number of aliphatic hydroxyl groups excluding tert-OH is 2. The highest BCUT2D eigenvalue weighted by atomic mass is 79.9. The second-order valence-corrected chi connectivity index (χ2v) is 10.1. The van der Waals surface area contributed by atoms with Crippen molar-refractivity contribution < 1.29 is 10.2 Å². The average molecular weight is 506 g/mol. The van der Waals surface area contributed by atoms with E-state index in [0.717, 1.165) is 50.5 Å². The first-order chi connectivity index (χ1) is 15.9. The molecule has 8 heteroatoms. The zero-order valence-corrected chi connectivity index (χ0v) is 19.6. The molecule has 4 aromatic rings. The first-order valence-electron chi connectivity index (χ1n) is 11.1. The lowest BCUT2D eigenvalue weighted by atomic mass is 9.64. The molecule has 7 nitrogen and oxygen atoms in total. The summed E-state index contributed by atoms with van der Waals surface area (Å²) in [5, 5.41) is 24.3. The van der Waals surface area contributed by atoms with E-state index in [2.05, 4.69) is 55.2 Å². The van der Waals surface area contributed by atoms with Gasteiger partial charge in [-0.25, -0.2) is 15.0 Å². The molecule has 0 spiro atoms. The molecule has 2 aliphatic carbocycles. The molecule has 5 atom stereocenters. The van der Waals surface area contributed by atoms with Gasteiger partial charge in [0.05, 0.1) is 27.8 Å². The molecule has 0 bridgehead atoms. The second-order valence-electron chi connectivity index (χ2n) is 9.23. The van der Waals surface area contributed by atoms with Crippen LogP contribution in [0.1, 0.15) is 23.7 Å². The number of aromatic nitrogens is 4. The summed E-state index contributed by atoms with van der Waals surface area (Å²) in [6.07, 6.45) is 7.46. The van der Waals surface area contributed by atoms with E-state index in [9.17, 15) is 10.2 Å². The van der Waals surface area contributed by atoms with E-state index < -0.39 is 17.6 Å². The number of benzene rings is 1. The number of fused-ring (bicyclic) bond motifs is 3. The van der Waals surface area contributed by atoms with Crippen LogP contribution in [0.15, 0.2) is 59.5 Å². The molecule has 0 aliphatic heterocycles. The Morgan fingerprint density at radius 3 is 2.82 bits per heavy atom. The molecule has 0 amide bonds. The number of anilines is 1. The van der Waals surface area contributed by atoms with Crippen molar-refractivity contribution in [2.75, 3.05) is 5.73 Å². The molecule has 3 heterocycles. The van der Waals surface area contributed by atoms with Crippen molar-refractivity contribution >= 4 is 43.7 Å². The van der Waals surface area contributed by atoms with Crippen LogP contribution in [0, 0.1) is 18.3 Å². The number of nitrogens with zero attached hydrogens (tertiary/aromatic N) is 4. The summed E-state index contributed by atoms with van der Waals surface area (Å²) in [4.78, 5) is 13.2. The predicted octanol–water partition coefficient (Wildman–Crippen LogP) is 3.71. The predicted molar refractivity (Wildman–Crippen MR) is 131 cm³/mol. The Morgan fingerprint density at radius 2 is 2.03 bits per heavy atom. The van der Waals surface area contributed by atoms with Gasteiger partial charge in [0.1, 0.15) is 23.9 Å². The standard InChI is InChI=1S/C25H24BrN5O2/c1-13-16-6-9-31(24(16)29-12-28-13)20-17-5-8-25(17,22(33)21(20)32)7-4-14-2-3-15-11-18(26)23(27)30-19(15)10-14/h2-3,5-6,8-12,17,20-22,32-33H,4,7H2,1H3,(H2,27,30)/t17-,20-,21+,22+,25-/m1/s1. The van der Waals surface area contributed by atoms with Crippen LogP contribution in [0.3, 0.4) is 0 Å². The number of allylic oxidation sites excluding steroid dienone is 1.